The molecule has 5 heteroatoms. The highest BCUT2D eigenvalue weighted by molar-refractivity contribution is 9.10. The normalized spacial score (nSPS) is 37.1. The highest BCUT2D eigenvalue weighted by atomic mass is 79.9. The van der Waals surface area contributed by atoms with E-state index in [2.05, 4.69) is 70.5 Å². The highest BCUT2D eigenvalue weighted by Crippen LogP contribution is 2.75. The monoisotopic (exact) mass is 738 g/mol. The molecule has 266 valence electrons. The first-order valence-corrected chi connectivity index (χ1v) is 19.8. The van der Waals surface area contributed by atoms with Crippen molar-refractivity contribution >= 4 is 39.5 Å². The average Bonchev–Trinajstić information content (AvgIpc) is 3.06. The van der Waals surface area contributed by atoms with Crippen LogP contribution in [0.5, 0.6) is 5.75 Å². The second-order valence-electron chi connectivity index (χ2n) is 18.7. The van der Waals surface area contributed by atoms with Crippen LogP contribution < -0.4 is 4.74 Å². The van der Waals surface area contributed by atoms with E-state index >= 15 is 0 Å². The topological polar surface area (TPSA) is 60.4 Å². The summed E-state index contributed by atoms with van der Waals surface area (Å²) in [5, 5.41) is 0. The number of Topliss-reactive ketones (excluding diaryl/α,β-unsaturated/α-hetero) is 1. The van der Waals surface area contributed by atoms with Gasteiger partial charge in [0.15, 0.2) is 5.78 Å². The van der Waals surface area contributed by atoms with Gasteiger partial charge in [0, 0.05) is 21.9 Å². The molecule has 0 aromatic heterocycles. The first-order valence-electron chi connectivity index (χ1n) is 19.0. The molecule has 2 aromatic carbocycles. The van der Waals surface area contributed by atoms with Crippen molar-refractivity contribution in [3.63, 3.8) is 0 Å². The Morgan fingerprint density at radius 3 is 2.20 bits per heavy atom. The molecule has 5 aliphatic rings. The summed E-state index contributed by atoms with van der Waals surface area (Å²) in [7, 11) is 0. The molecular weight excluding hydrogens is 684 g/mol. The van der Waals surface area contributed by atoms with Crippen molar-refractivity contribution in [2.75, 3.05) is 0 Å². The zero-order valence-electron chi connectivity index (χ0n) is 31.2. The number of halogens is 1. The van der Waals surface area contributed by atoms with Crippen LogP contribution in [-0.2, 0) is 9.59 Å². The Hall–Kier alpha value is -2.79. The number of carbonyl (C=O) groups is 3. The second-order valence-corrected chi connectivity index (χ2v) is 19.6. The van der Waals surface area contributed by atoms with Crippen LogP contribution in [0, 0.1) is 50.2 Å². The third-order valence-corrected chi connectivity index (χ3v) is 16.0. The van der Waals surface area contributed by atoms with Gasteiger partial charge in [-0.15, -0.1) is 0 Å². The lowest BCUT2D eigenvalue weighted by Gasteiger charge is -2.70. The number of ether oxygens (including phenoxy) is 1. The molecular formula is C45H55BrO4. The molecule has 5 aliphatic carbocycles. The minimum atomic E-state index is -0.549. The van der Waals surface area contributed by atoms with E-state index in [0.717, 1.165) is 67.8 Å². The molecule has 0 saturated heterocycles. The number of ketones is 2. The van der Waals surface area contributed by atoms with Crippen molar-refractivity contribution in [3.05, 3.63) is 81.9 Å². The van der Waals surface area contributed by atoms with Crippen LogP contribution in [0.2, 0.25) is 0 Å². The van der Waals surface area contributed by atoms with E-state index in [9.17, 15) is 14.4 Å². The molecule has 0 heterocycles. The summed E-state index contributed by atoms with van der Waals surface area (Å²) < 4.78 is 7.28. The van der Waals surface area contributed by atoms with Crippen LogP contribution in [-0.4, -0.2) is 17.5 Å². The molecule has 0 unspecified atom stereocenters. The molecule has 4 nitrogen and oxygen atoms in total. The number of rotatable bonds is 5. The van der Waals surface area contributed by atoms with Gasteiger partial charge in [0.25, 0.3) is 0 Å². The average molecular weight is 740 g/mol. The summed E-state index contributed by atoms with van der Waals surface area (Å²) in [5.41, 5.74) is 2.62. The van der Waals surface area contributed by atoms with Gasteiger partial charge >= 0.3 is 5.97 Å². The fraction of sp³-hybridized carbons (Fsp3) is 0.578. The van der Waals surface area contributed by atoms with E-state index in [1.807, 2.05) is 30.3 Å². The number of hydrogen-bond acceptors (Lipinski definition) is 4. The van der Waals surface area contributed by atoms with E-state index in [4.69, 9.17) is 4.74 Å². The highest BCUT2D eigenvalue weighted by Gasteiger charge is 2.69. The van der Waals surface area contributed by atoms with Gasteiger partial charge in [-0.25, -0.2) is 0 Å². The first-order chi connectivity index (χ1) is 23.5. The molecule has 0 spiro atoms. The molecule has 0 N–H and O–H groups in total. The minimum absolute atomic E-state index is 0.00311. The summed E-state index contributed by atoms with van der Waals surface area (Å²) in [4.78, 5) is 40.6. The number of esters is 1. The second kappa shape index (κ2) is 12.1. The molecule has 2 aromatic rings. The lowest BCUT2D eigenvalue weighted by molar-refractivity contribution is -0.188. The number of allylic oxidation sites excluding steroid dienone is 3. The maximum Gasteiger partial charge on any atom is 0.318 e. The Balaban J connectivity index is 1.15. The smallest absolute Gasteiger partial charge is 0.318 e. The molecule has 7 rings (SSSR count). The van der Waals surface area contributed by atoms with Crippen molar-refractivity contribution in [1.29, 1.82) is 0 Å². The van der Waals surface area contributed by atoms with Gasteiger partial charge < -0.3 is 4.74 Å². The molecule has 50 heavy (non-hydrogen) atoms. The zero-order chi connectivity index (χ0) is 35.9. The lowest BCUT2D eigenvalue weighted by atomic mass is 9.33. The van der Waals surface area contributed by atoms with Crippen LogP contribution in [0.25, 0.3) is 6.08 Å². The Bertz CT molecular complexity index is 1760. The molecule has 4 saturated carbocycles. The molecule has 0 aliphatic heterocycles. The quantitative estimate of drug-likeness (QED) is 0.101. The van der Waals surface area contributed by atoms with Gasteiger partial charge in [0.2, 0.25) is 0 Å². The maximum absolute atomic E-state index is 14.6. The number of fused-ring (bicyclic) bond motifs is 7. The number of benzene rings is 2. The van der Waals surface area contributed by atoms with E-state index in [0.29, 0.717) is 35.4 Å². The number of hydrogen-bond donors (Lipinski definition) is 0. The summed E-state index contributed by atoms with van der Waals surface area (Å²) in [6.07, 6.45) is 15.6. The molecule has 4 fully saturated rings. The molecule has 0 amide bonds. The van der Waals surface area contributed by atoms with Crippen LogP contribution in [0.15, 0.2) is 70.7 Å². The third-order valence-electron chi connectivity index (χ3n) is 15.4. The van der Waals surface area contributed by atoms with Gasteiger partial charge in [0.05, 0.1) is 5.41 Å². The standard InChI is InChI=1S/C45H55BrO4/c1-40(2)24-26-45(39(49)50-32-15-11-30(12-16-32)35(47)18-10-29-8-13-31(46)14-9-29)27-25-43(6)33(34(45)28-40)17-19-37-42(5)22-21-38(48)41(3,4)36(42)20-23-44(37,43)7/h8-18,34,36-37H,19-28H2,1-7H3/b18-10+/t34-,36-,37+,42-,43+,44+,45-/m0/s1. The zero-order valence-corrected chi connectivity index (χ0v) is 32.8. The molecule has 0 bridgehead atoms. The predicted molar refractivity (Wildman–Crippen MR) is 204 cm³/mol. The maximum atomic E-state index is 14.6. The SMILES string of the molecule is CC1(C)CC[C@]2(C(=O)Oc3ccc(C(=O)/C=C/c4ccc(Br)cc4)cc3)CC[C@]3(C)C(=CC[C@@H]4[C@@]5(C)CCC(=O)C(C)(C)[C@@H]5CC[C@]43C)[C@@H]2C1. The Labute approximate surface area is 308 Å². The fourth-order valence-electron chi connectivity index (χ4n) is 12.1. The van der Waals surface area contributed by atoms with Gasteiger partial charge in [-0.05, 0) is 145 Å². The fourth-order valence-corrected chi connectivity index (χ4v) is 12.4. The molecule has 7 atom stereocenters. The number of carbonyl (C=O) groups excluding carboxylic acids is 3. The van der Waals surface area contributed by atoms with Crippen LogP contribution in [0.3, 0.4) is 0 Å². The summed E-state index contributed by atoms with van der Waals surface area (Å²) in [5.74, 6) is 1.84. The van der Waals surface area contributed by atoms with E-state index in [1.54, 1.807) is 30.3 Å². The van der Waals surface area contributed by atoms with Crippen molar-refractivity contribution in [1.82, 2.24) is 0 Å². The van der Waals surface area contributed by atoms with Crippen molar-refractivity contribution in [2.24, 2.45) is 50.2 Å². The van der Waals surface area contributed by atoms with Crippen LogP contribution in [0.4, 0.5) is 0 Å². The summed E-state index contributed by atoms with van der Waals surface area (Å²) >= 11 is 3.44. The third kappa shape index (κ3) is 5.46. The Kier molecular flexibility index (Phi) is 8.64. The summed E-state index contributed by atoms with van der Waals surface area (Å²) in [6, 6.07) is 14.9. The van der Waals surface area contributed by atoms with Crippen molar-refractivity contribution in [3.8, 4) is 5.75 Å². The van der Waals surface area contributed by atoms with Crippen LogP contribution in [0.1, 0.15) is 129 Å². The molecule has 0 radical (unpaired) electrons. The van der Waals surface area contributed by atoms with E-state index < -0.39 is 5.41 Å². The van der Waals surface area contributed by atoms with Crippen LogP contribution >= 0.6 is 15.9 Å². The first kappa shape index (κ1) is 35.6. The van der Waals surface area contributed by atoms with Gasteiger partial charge in [0.1, 0.15) is 11.5 Å². The lowest BCUT2D eigenvalue weighted by Crippen LogP contribution is -2.64. The minimum Gasteiger partial charge on any atom is -0.426 e. The van der Waals surface area contributed by atoms with E-state index in [-0.39, 0.29) is 44.7 Å². The van der Waals surface area contributed by atoms with Gasteiger partial charge in [-0.3, -0.25) is 14.4 Å². The summed E-state index contributed by atoms with van der Waals surface area (Å²) in [6.45, 7) is 16.8. The van der Waals surface area contributed by atoms with Crippen molar-refractivity contribution < 1.29 is 19.1 Å². The van der Waals surface area contributed by atoms with Crippen molar-refractivity contribution in [2.45, 2.75) is 113 Å². The predicted octanol–water partition coefficient (Wildman–Crippen LogP) is 11.6. The largest absolute Gasteiger partial charge is 0.426 e. The Morgan fingerprint density at radius 1 is 0.820 bits per heavy atom. The Morgan fingerprint density at radius 2 is 1.50 bits per heavy atom. The van der Waals surface area contributed by atoms with E-state index in [1.165, 1.54) is 5.57 Å². The van der Waals surface area contributed by atoms with Gasteiger partial charge in [-0.2, -0.15) is 0 Å². The van der Waals surface area contributed by atoms with Gasteiger partial charge in [-0.1, -0.05) is 94.3 Å².